The Hall–Kier alpha value is -3.61. The Kier molecular flexibility index (Phi) is 14.1. The van der Waals surface area contributed by atoms with Crippen LogP contribution in [0.3, 0.4) is 0 Å². The first kappa shape index (κ1) is 39.8. The highest BCUT2D eigenvalue weighted by Crippen LogP contribution is 2.38. The Labute approximate surface area is 290 Å². The average molecular weight is 742 g/mol. The van der Waals surface area contributed by atoms with Gasteiger partial charge in [0.25, 0.3) is 8.32 Å². The monoisotopic (exact) mass is 741 g/mol. The van der Waals surface area contributed by atoms with E-state index in [0.717, 1.165) is 0 Å². The van der Waals surface area contributed by atoms with Crippen LogP contribution in [0.15, 0.2) is 102 Å². The fourth-order valence-corrected chi connectivity index (χ4v) is 10.7. The molecule has 0 aromatic heterocycles. The molecule has 4 heterocycles. The number of carboxylic acid groups (broad SMARTS) is 1. The van der Waals surface area contributed by atoms with Crippen LogP contribution >= 0.6 is 0 Å². The van der Waals surface area contributed by atoms with E-state index in [-0.39, 0.29) is 42.2 Å². The molecule has 0 fully saturated rings. The maximum atomic E-state index is 10.7. The molecule has 4 aliphatic rings. The number of hydrogen-bond acceptors (Lipinski definition) is 14. The second-order valence-electron chi connectivity index (χ2n) is 13.2. The molecule has 15 nitrogen and oxygen atoms in total. The predicted molar refractivity (Wildman–Crippen MR) is 192 cm³/mol. The summed E-state index contributed by atoms with van der Waals surface area (Å²) in [6, 6.07) is 21.4. The Morgan fingerprint density at radius 2 is 1.12 bits per heavy atom. The highest BCUT2D eigenvalue weighted by Gasteiger charge is 2.52. The summed E-state index contributed by atoms with van der Waals surface area (Å²) >= 11 is 0. The van der Waals surface area contributed by atoms with Crippen LogP contribution in [0.4, 0.5) is 0 Å². The molecule has 18 heteroatoms. The quantitative estimate of drug-likeness (QED) is 0.154. The lowest BCUT2D eigenvalue weighted by molar-refractivity contribution is -0.137. The molecule has 268 valence electrons. The van der Waals surface area contributed by atoms with Crippen LogP contribution in [-0.4, -0.2) is 82.6 Å². The van der Waals surface area contributed by atoms with Gasteiger partial charge in [0.15, 0.2) is 18.5 Å². The number of nitrogens with one attached hydrogen (secondary N) is 2. The minimum Gasteiger partial charge on any atom is -0.481 e. The highest BCUT2D eigenvalue weighted by atomic mass is 32.2. The number of benzene rings is 2. The van der Waals surface area contributed by atoms with Crippen LogP contribution in [0.25, 0.3) is 0 Å². The van der Waals surface area contributed by atoms with Crippen molar-refractivity contribution in [3.05, 3.63) is 60.7 Å². The number of aliphatic carboxylic acids is 1. The minimum absolute atomic E-state index is 0.00113. The van der Waals surface area contributed by atoms with E-state index in [0.29, 0.717) is 30.8 Å². The normalized spacial score (nSPS) is 19.1. The van der Waals surface area contributed by atoms with Crippen molar-refractivity contribution in [3.63, 3.8) is 0 Å². The Bertz CT molecular complexity index is 1600. The van der Waals surface area contributed by atoms with Crippen molar-refractivity contribution in [1.29, 1.82) is 9.56 Å². The summed E-state index contributed by atoms with van der Waals surface area (Å²) in [4.78, 5) is 9.85. The second-order valence-corrected chi connectivity index (χ2v) is 22.3. The summed E-state index contributed by atoms with van der Waals surface area (Å²) in [5.41, 5.74) is 0. The van der Waals surface area contributed by atoms with Crippen molar-refractivity contribution in [2.45, 2.75) is 89.2 Å². The van der Waals surface area contributed by atoms with E-state index < -0.39 is 33.7 Å². The van der Waals surface area contributed by atoms with Gasteiger partial charge in [-0.1, -0.05) is 81.4 Å². The van der Waals surface area contributed by atoms with Crippen molar-refractivity contribution < 1.29 is 22.7 Å². The molecule has 0 saturated carbocycles. The molecule has 3 atom stereocenters. The molecule has 6 rings (SSSR count). The number of rotatable bonds is 14. The van der Waals surface area contributed by atoms with Crippen LogP contribution in [0.2, 0.25) is 5.04 Å². The predicted octanol–water partition coefficient (Wildman–Crippen LogP) is 6.08. The zero-order valence-corrected chi connectivity index (χ0v) is 31.5. The van der Waals surface area contributed by atoms with Gasteiger partial charge >= 0.3 is 5.97 Å². The number of nitrogens with zero attached hydrogens (tertiary/aromatic N) is 8. The number of carboxylic acids is 1. The standard InChI is InChI=1S/C19H24N2OSi.2C4H9N3OS.C4H6N2O2/c1-15(18-20-21-18)22-23(19(2,3)4,16-11-7-5-8-12-16)17-13-9-6-10-14-17;2*1-9(5,8)3-2-4-6-7-4;7-4(8)2-1-3-5-6-3/h5-15,18H,1-4H3;2*4-5H,2-3H2,1H3;3H,1-2H2,(H,7,8)/i20+1,21+1;5+1,6+1,7+1;6+1,7+1;5+1,6+1. The molecule has 2 aromatic carbocycles. The molecule has 0 amide bonds. The van der Waals surface area contributed by atoms with Crippen LogP contribution in [0.1, 0.15) is 53.4 Å². The summed E-state index contributed by atoms with van der Waals surface area (Å²) in [7, 11) is -7.05. The Morgan fingerprint density at radius 1 is 0.755 bits per heavy atom. The van der Waals surface area contributed by atoms with Gasteiger partial charge in [0.05, 0.1) is 6.10 Å². The molecule has 0 aliphatic carbocycles. The van der Waals surface area contributed by atoms with E-state index in [4.69, 9.17) is 19.1 Å². The highest BCUT2D eigenvalue weighted by molar-refractivity contribution is 7.91. The summed E-state index contributed by atoms with van der Waals surface area (Å²) in [6.45, 7) is 8.94. The zero-order chi connectivity index (χ0) is 36.3. The molecule has 2 aromatic rings. The van der Waals surface area contributed by atoms with Gasteiger partial charge in [0.1, 0.15) is 0 Å². The molecule has 0 radical (unpaired) electrons. The first-order valence-corrected chi connectivity index (χ1v) is 22.1. The molecule has 49 heavy (non-hydrogen) atoms. The van der Waals surface area contributed by atoms with Crippen molar-refractivity contribution in [1.82, 2.24) is 0 Å². The van der Waals surface area contributed by atoms with Crippen LogP contribution in [0.5, 0.6) is 0 Å². The van der Waals surface area contributed by atoms with Crippen LogP contribution in [-0.2, 0) is 28.7 Å². The third kappa shape index (κ3) is 15.6. The zero-order valence-electron chi connectivity index (χ0n) is 28.9. The van der Waals surface area contributed by atoms with Crippen molar-refractivity contribution in [2.24, 2.45) is 40.9 Å². The third-order valence-corrected chi connectivity index (χ3v) is 14.6. The maximum absolute atomic E-state index is 10.7. The van der Waals surface area contributed by atoms with Gasteiger partial charge in [-0.15, -0.1) is 0 Å². The van der Waals surface area contributed by atoms with E-state index in [2.05, 4.69) is 129 Å². The lowest BCUT2D eigenvalue weighted by Crippen LogP contribution is -2.67. The third-order valence-electron chi connectivity index (χ3n) is 7.43. The molecule has 4 aliphatic heterocycles. The smallest absolute Gasteiger partial charge is 0.303 e. The topological polar surface area (TPSA) is 227 Å². The molecule has 3 N–H and O–H groups in total. The van der Waals surface area contributed by atoms with Crippen molar-refractivity contribution in [3.8, 4) is 0 Å². The van der Waals surface area contributed by atoms with Crippen molar-refractivity contribution in [2.75, 3.05) is 24.0 Å². The fourth-order valence-electron chi connectivity index (χ4n) is 4.66. The van der Waals surface area contributed by atoms with Crippen molar-refractivity contribution >= 4 is 44.1 Å². The number of carbonyl (C=O) groups is 1. The van der Waals surface area contributed by atoms with Crippen LogP contribution < -0.4 is 10.4 Å². The van der Waals surface area contributed by atoms with E-state index in [1.165, 1.54) is 22.9 Å². The first-order valence-electron chi connectivity index (χ1n) is 15.9. The molecule has 0 spiro atoms. The molecule has 0 bridgehead atoms. The SMILES string of the molecule is CC(O[Si](c1ccccc1)(c1ccccc1)C(C)(C)C)C1[15N]=[15N]1.CS(=N)(=O)CCC1[15N]=[15N]1.CS(=[15NH])(=O)CCC1[15N]=[15N]1.O=C(O)CCC1[15N]=[15N]1. The molecule has 0 saturated heterocycles. The lowest BCUT2D eigenvalue weighted by Gasteiger charge is -2.44. The summed E-state index contributed by atoms with van der Waals surface area (Å²) < 4.78 is 42.2. The Morgan fingerprint density at radius 3 is 1.41 bits per heavy atom. The van der Waals surface area contributed by atoms with E-state index in [1.54, 1.807) is 0 Å². The van der Waals surface area contributed by atoms with E-state index >= 15 is 0 Å². The van der Waals surface area contributed by atoms with Gasteiger partial charge in [0.2, 0.25) is 6.17 Å². The average Bonchev–Trinajstić information content (AvgIpc) is 3.84. The largest absolute Gasteiger partial charge is 0.481 e. The molecular formula is C31H48N10O5S2Si. The van der Waals surface area contributed by atoms with E-state index in [9.17, 15) is 13.2 Å². The van der Waals surface area contributed by atoms with Gasteiger partial charge in [-0.25, -0.2) is 0 Å². The fraction of sp³-hybridized carbons (Fsp3) is 0.581. The van der Waals surface area contributed by atoms with Crippen LogP contribution in [0, 0.1) is 9.56 Å². The van der Waals surface area contributed by atoms with E-state index in [1.807, 2.05) is 0 Å². The Balaban J connectivity index is 0.000000205. The lowest BCUT2D eigenvalue weighted by atomic mass is 10.2. The first-order chi connectivity index (χ1) is 22.9. The summed E-state index contributed by atoms with van der Waals surface area (Å²) in [5, 5.41) is 40.4. The van der Waals surface area contributed by atoms with Gasteiger partial charge < -0.3 is 9.53 Å². The van der Waals surface area contributed by atoms with Gasteiger partial charge in [-0.2, -0.15) is 40.9 Å². The second kappa shape index (κ2) is 17.4. The maximum Gasteiger partial charge on any atom is 0.303 e. The summed E-state index contributed by atoms with van der Waals surface area (Å²) in [6.07, 6.45) is 5.12. The van der Waals surface area contributed by atoms with Gasteiger partial charge in [-0.05, 0) is 22.3 Å². The van der Waals surface area contributed by atoms with Gasteiger partial charge in [0, 0.05) is 69.2 Å². The molecule has 3 unspecified atom stereocenters. The summed E-state index contributed by atoms with van der Waals surface area (Å²) in [5.74, 6) is 0.0669. The number of hydrogen-bond donors (Lipinski definition) is 3. The minimum atomic E-state index is -2.46. The van der Waals surface area contributed by atoms with Gasteiger partial charge in [-0.3, -0.25) is 22.8 Å². The molecular weight excluding hydrogens is 694 g/mol.